The van der Waals surface area contributed by atoms with Gasteiger partial charge in [-0.05, 0) is 13.0 Å². The molecule has 0 unspecified atom stereocenters. The van der Waals surface area contributed by atoms with Gasteiger partial charge in [-0.15, -0.1) is 6.42 Å². The Balaban J connectivity index is 1.89. The summed E-state index contributed by atoms with van der Waals surface area (Å²) in [5.41, 5.74) is 2.43. The number of carbonyl (C=O) groups is 1. The maximum absolute atomic E-state index is 14.6. The fourth-order valence-corrected chi connectivity index (χ4v) is 3.09. The number of benzene rings is 1. The summed E-state index contributed by atoms with van der Waals surface area (Å²) in [6, 6.07) is 0.789. The Bertz CT molecular complexity index is 1130. The van der Waals surface area contributed by atoms with Crippen LogP contribution in [0.15, 0.2) is 29.5 Å². The monoisotopic (exact) mass is 469 g/mol. The van der Waals surface area contributed by atoms with Crippen molar-refractivity contribution in [3.05, 3.63) is 47.4 Å². The zero-order valence-corrected chi connectivity index (χ0v) is 16.9. The van der Waals surface area contributed by atoms with Crippen LogP contribution < -0.4 is 15.8 Å². The number of hydrogen-bond acceptors (Lipinski definition) is 7. The lowest BCUT2D eigenvalue weighted by Gasteiger charge is -2.36. The lowest BCUT2D eigenvalue weighted by atomic mass is 9.85. The van der Waals surface area contributed by atoms with E-state index in [-0.39, 0.29) is 23.9 Å². The number of amidine groups is 1. The molecule has 1 amide bonds. The summed E-state index contributed by atoms with van der Waals surface area (Å²) >= 11 is 0. The molecule has 2 atom stereocenters. The molecule has 2 aromatic rings. The topological polar surface area (TPSA) is 112 Å². The quantitative estimate of drug-likeness (QED) is 0.515. The Kier molecular flexibility index (Phi) is 6.39. The third-order valence-corrected chi connectivity index (χ3v) is 4.60. The van der Waals surface area contributed by atoms with Crippen molar-refractivity contribution in [3.63, 3.8) is 0 Å². The van der Waals surface area contributed by atoms with Crippen molar-refractivity contribution in [2.75, 3.05) is 11.9 Å². The van der Waals surface area contributed by atoms with E-state index >= 15 is 0 Å². The van der Waals surface area contributed by atoms with E-state index in [2.05, 4.69) is 30.9 Å². The molecule has 1 aliphatic heterocycles. The first-order chi connectivity index (χ1) is 15.4. The lowest BCUT2D eigenvalue weighted by Crippen LogP contribution is -2.46. The number of nitrogens with one attached hydrogen (secondary N) is 1. The molecule has 0 saturated heterocycles. The van der Waals surface area contributed by atoms with Gasteiger partial charge in [0.15, 0.2) is 24.3 Å². The molecule has 33 heavy (non-hydrogen) atoms. The van der Waals surface area contributed by atoms with E-state index in [0.29, 0.717) is 6.07 Å². The number of ether oxygens (including phenoxy) is 2. The summed E-state index contributed by atoms with van der Waals surface area (Å²) in [6.07, 6.45) is -0.836. The molecule has 0 bridgehead atoms. The van der Waals surface area contributed by atoms with E-state index in [9.17, 15) is 26.7 Å². The number of amides is 1. The van der Waals surface area contributed by atoms with Crippen LogP contribution in [-0.2, 0) is 10.3 Å². The van der Waals surface area contributed by atoms with Crippen molar-refractivity contribution in [2.24, 2.45) is 10.7 Å². The van der Waals surface area contributed by atoms with E-state index in [0.717, 1.165) is 25.4 Å². The van der Waals surface area contributed by atoms with Crippen molar-refractivity contribution in [3.8, 4) is 18.2 Å². The summed E-state index contributed by atoms with van der Waals surface area (Å²) < 4.78 is 78.0. The molecular formula is C20H16F5N5O3. The van der Waals surface area contributed by atoms with Crippen molar-refractivity contribution in [1.29, 1.82) is 0 Å². The number of rotatable bonds is 5. The molecule has 0 aliphatic carbocycles. The molecule has 3 N–H and O–H groups in total. The predicted octanol–water partition coefficient (Wildman–Crippen LogP) is 2.90. The number of carbonyl (C=O) groups excluding carboxylic acids is 1. The van der Waals surface area contributed by atoms with E-state index in [1.165, 1.54) is 0 Å². The highest BCUT2D eigenvalue weighted by Crippen LogP contribution is 2.41. The van der Waals surface area contributed by atoms with Crippen LogP contribution >= 0.6 is 0 Å². The highest BCUT2D eigenvalue weighted by molar-refractivity contribution is 6.02. The Labute approximate surface area is 184 Å². The largest absolute Gasteiger partial charge is 0.463 e. The summed E-state index contributed by atoms with van der Waals surface area (Å²) in [5.74, 6) is -1.43. The van der Waals surface area contributed by atoms with Gasteiger partial charge in [-0.25, -0.2) is 23.7 Å². The first-order valence-corrected chi connectivity index (χ1v) is 9.21. The average molecular weight is 469 g/mol. The normalized spacial score (nSPS) is 20.3. The van der Waals surface area contributed by atoms with Crippen LogP contribution in [-0.4, -0.2) is 40.8 Å². The zero-order valence-electron chi connectivity index (χ0n) is 16.9. The van der Waals surface area contributed by atoms with Crippen molar-refractivity contribution >= 4 is 17.6 Å². The van der Waals surface area contributed by atoms with Crippen LogP contribution in [0.5, 0.6) is 5.88 Å². The summed E-state index contributed by atoms with van der Waals surface area (Å²) in [4.78, 5) is 23.8. The molecule has 1 aromatic heterocycles. The number of terminal acetylenes is 1. The number of alkyl halides is 3. The van der Waals surface area contributed by atoms with E-state index in [1.807, 2.05) is 0 Å². The number of anilines is 1. The van der Waals surface area contributed by atoms with Gasteiger partial charge < -0.3 is 20.5 Å². The third-order valence-electron chi connectivity index (χ3n) is 4.60. The molecule has 0 fully saturated rings. The molecule has 8 nitrogen and oxygen atoms in total. The molecule has 1 aromatic carbocycles. The van der Waals surface area contributed by atoms with Crippen LogP contribution in [0.4, 0.5) is 27.6 Å². The number of nitrogens with two attached hydrogens (primary N) is 1. The van der Waals surface area contributed by atoms with Crippen molar-refractivity contribution in [1.82, 2.24) is 9.97 Å². The van der Waals surface area contributed by atoms with Crippen molar-refractivity contribution < 1.29 is 36.2 Å². The molecule has 2 heterocycles. The Morgan fingerprint density at radius 2 is 2.09 bits per heavy atom. The first kappa shape index (κ1) is 23.7. The van der Waals surface area contributed by atoms with E-state index in [4.69, 9.17) is 16.9 Å². The van der Waals surface area contributed by atoms with Crippen LogP contribution in [0, 0.1) is 24.0 Å². The second kappa shape index (κ2) is 8.89. The SMILES string of the molecule is C#CCOc1cnc(C(=O)Nc2cc(F)c(F)c([C@@]3(C)C[C@@H](C(F)(F)F)OC(N)=N3)c2)cn1. The van der Waals surface area contributed by atoms with Crippen LogP contribution in [0.1, 0.15) is 29.4 Å². The maximum atomic E-state index is 14.6. The second-order valence-electron chi connectivity index (χ2n) is 7.08. The molecule has 1 aliphatic rings. The van der Waals surface area contributed by atoms with E-state index < -0.39 is 53.4 Å². The van der Waals surface area contributed by atoms with Gasteiger partial charge in [0.25, 0.3) is 11.9 Å². The predicted molar refractivity (Wildman–Crippen MR) is 105 cm³/mol. The minimum Gasteiger partial charge on any atom is -0.463 e. The molecule has 13 heteroatoms. The highest BCUT2D eigenvalue weighted by atomic mass is 19.4. The first-order valence-electron chi connectivity index (χ1n) is 9.21. The van der Waals surface area contributed by atoms with Crippen molar-refractivity contribution in [2.45, 2.75) is 31.2 Å². The number of hydrogen-bond donors (Lipinski definition) is 2. The molecule has 0 saturated carbocycles. The standard InChI is InChI=1S/C20H16F5N5O3/c1-3-4-32-15-9-27-13(8-28-15)17(31)29-10-5-11(16(22)12(21)6-10)19(2)7-14(20(23,24)25)33-18(26)30-19/h1,5-6,8-9,14H,4,7H2,2H3,(H2,26,30)(H,29,31)/t14-,19+/m0/s1. The molecular weight excluding hydrogens is 453 g/mol. The molecule has 3 rings (SSSR count). The summed E-state index contributed by atoms with van der Waals surface area (Å²) in [5, 5.41) is 2.28. The van der Waals surface area contributed by atoms with Gasteiger partial charge in [-0.3, -0.25) is 4.79 Å². The number of nitrogens with zero attached hydrogens (tertiary/aromatic N) is 3. The number of halogens is 5. The van der Waals surface area contributed by atoms with Gasteiger partial charge in [0.1, 0.15) is 5.69 Å². The minimum absolute atomic E-state index is 0.0572. The Hall–Kier alpha value is -3.95. The zero-order chi connectivity index (χ0) is 24.4. The van der Waals surface area contributed by atoms with Gasteiger partial charge in [-0.2, -0.15) is 13.2 Å². The summed E-state index contributed by atoms with van der Waals surface area (Å²) in [6.45, 7) is 1.08. The third kappa shape index (κ3) is 5.28. The Morgan fingerprint density at radius 3 is 2.70 bits per heavy atom. The summed E-state index contributed by atoms with van der Waals surface area (Å²) in [7, 11) is 0. The molecule has 174 valence electrons. The molecule has 0 radical (unpaired) electrons. The molecule has 0 spiro atoms. The lowest BCUT2D eigenvalue weighted by molar-refractivity contribution is -0.208. The smallest absolute Gasteiger partial charge is 0.425 e. The number of aromatic nitrogens is 2. The fourth-order valence-electron chi connectivity index (χ4n) is 3.09. The minimum atomic E-state index is -4.82. The average Bonchev–Trinajstić information content (AvgIpc) is 2.73. The van der Waals surface area contributed by atoms with Gasteiger partial charge in [0.05, 0.1) is 17.9 Å². The van der Waals surface area contributed by atoms with Crippen LogP contribution in [0.25, 0.3) is 0 Å². The van der Waals surface area contributed by atoms with Gasteiger partial charge >= 0.3 is 6.18 Å². The maximum Gasteiger partial charge on any atom is 0.425 e. The van der Waals surface area contributed by atoms with Gasteiger partial charge in [0, 0.05) is 23.7 Å². The van der Waals surface area contributed by atoms with Gasteiger partial charge in [0.2, 0.25) is 5.88 Å². The van der Waals surface area contributed by atoms with Gasteiger partial charge in [-0.1, -0.05) is 5.92 Å². The fraction of sp³-hybridized carbons (Fsp3) is 0.300. The second-order valence-corrected chi connectivity index (χ2v) is 7.08. The van der Waals surface area contributed by atoms with Crippen LogP contribution in [0.3, 0.4) is 0 Å². The van der Waals surface area contributed by atoms with E-state index in [1.54, 1.807) is 0 Å². The van der Waals surface area contributed by atoms with Crippen LogP contribution in [0.2, 0.25) is 0 Å². The number of aliphatic imine (C=N–C) groups is 1. The highest BCUT2D eigenvalue weighted by Gasteiger charge is 2.50. The Morgan fingerprint density at radius 1 is 1.36 bits per heavy atom.